The molecule has 1 aromatic heterocycles. The SMILES string of the molecule is Br.CCC1=C(CC)/C(=C/c2[nH]c(C)c(CC)c2CC)N=C1C. The van der Waals surface area contributed by atoms with E-state index in [1.54, 1.807) is 0 Å². The zero-order valence-corrected chi connectivity index (χ0v) is 16.5. The van der Waals surface area contributed by atoms with Gasteiger partial charge in [0.05, 0.1) is 5.70 Å². The van der Waals surface area contributed by atoms with Crippen LogP contribution in [-0.2, 0) is 12.8 Å². The Morgan fingerprint density at radius 2 is 1.45 bits per heavy atom. The van der Waals surface area contributed by atoms with Gasteiger partial charge in [-0.15, -0.1) is 17.0 Å². The van der Waals surface area contributed by atoms with Gasteiger partial charge in [-0.25, -0.2) is 0 Å². The Kier molecular flexibility index (Phi) is 6.86. The molecule has 1 aliphatic heterocycles. The Hall–Kier alpha value is -1.09. The molecule has 0 fully saturated rings. The lowest BCUT2D eigenvalue weighted by molar-refractivity contribution is 1.04. The fraction of sp³-hybridized carbons (Fsp3) is 0.526. The number of hydrogen-bond acceptors (Lipinski definition) is 1. The number of aromatic amines is 1. The van der Waals surface area contributed by atoms with Crippen LogP contribution < -0.4 is 0 Å². The summed E-state index contributed by atoms with van der Waals surface area (Å²) in [4.78, 5) is 8.38. The summed E-state index contributed by atoms with van der Waals surface area (Å²) in [6, 6.07) is 0. The highest BCUT2D eigenvalue weighted by molar-refractivity contribution is 8.93. The summed E-state index contributed by atoms with van der Waals surface area (Å²) < 4.78 is 0. The molecule has 1 aliphatic rings. The summed E-state index contributed by atoms with van der Waals surface area (Å²) >= 11 is 0. The smallest absolute Gasteiger partial charge is 0.0688 e. The standard InChI is InChI=1S/C19H28N2.BrH/c1-7-14-12(5)20-18(16(14)9-3)11-19-17(10-4)15(8-2)13(6)21-19;/h11,20H,7-10H2,1-6H3;1H/b19-11-;. The molecule has 1 N–H and O–H groups in total. The zero-order valence-electron chi connectivity index (χ0n) is 14.8. The Morgan fingerprint density at radius 1 is 0.864 bits per heavy atom. The minimum atomic E-state index is 0. The third kappa shape index (κ3) is 3.29. The monoisotopic (exact) mass is 364 g/mol. The maximum atomic E-state index is 4.81. The second-order valence-corrected chi connectivity index (χ2v) is 5.72. The molecule has 2 heterocycles. The normalized spacial score (nSPS) is 16.3. The van der Waals surface area contributed by atoms with Gasteiger partial charge in [-0.1, -0.05) is 27.7 Å². The Bertz CT molecular complexity index is 630. The van der Waals surface area contributed by atoms with Gasteiger partial charge >= 0.3 is 0 Å². The number of nitrogens with one attached hydrogen (secondary N) is 1. The first-order valence-electron chi connectivity index (χ1n) is 8.27. The van der Waals surface area contributed by atoms with Crippen molar-refractivity contribution in [1.29, 1.82) is 0 Å². The van der Waals surface area contributed by atoms with E-state index >= 15 is 0 Å². The average Bonchev–Trinajstić information content (AvgIpc) is 2.94. The lowest BCUT2D eigenvalue weighted by Gasteiger charge is -2.05. The van der Waals surface area contributed by atoms with Gasteiger partial charge in [0.15, 0.2) is 0 Å². The van der Waals surface area contributed by atoms with Crippen molar-refractivity contribution in [3.8, 4) is 0 Å². The van der Waals surface area contributed by atoms with Gasteiger partial charge in [0.1, 0.15) is 0 Å². The number of hydrogen-bond donors (Lipinski definition) is 1. The molecule has 0 aliphatic carbocycles. The van der Waals surface area contributed by atoms with Gasteiger partial charge in [-0.2, -0.15) is 0 Å². The number of aromatic nitrogens is 1. The number of halogens is 1. The van der Waals surface area contributed by atoms with Gasteiger partial charge < -0.3 is 4.98 Å². The fourth-order valence-corrected chi connectivity index (χ4v) is 3.56. The minimum absolute atomic E-state index is 0. The first kappa shape index (κ1) is 19.0. The van der Waals surface area contributed by atoms with E-state index in [1.807, 2.05) is 0 Å². The molecule has 0 radical (unpaired) electrons. The van der Waals surface area contributed by atoms with E-state index in [4.69, 9.17) is 4.99 Å². The molecule has 0 saturated carbocycles. The van der Waals surface area contributed by atoms with Gasteiger partial charge in [-0.05, 0) is 67.9 Å². The largest absolute Gasteiger partial charge is 0.359 e. The molecule has 0 amide bonds. The summed E-state index contributed by atoms with van der Waals surface area (Å²) in [6.07, 6.45) is 6.54. The summed E-state index contributed by atoms with van der Waals surface area (Å²) in [5.41, 5.74) is 10.7. The number of allylic oxidation sites excluding steroid dienone is 2. The maximum Gasteiger partial charge on any atom is 0.0688 e. The van der Waals surface area contributed by atoms with Crippen molar-refractivity contribution in [3.05, 3.63) is 39.4 Å². The molecule has 2 rings (SSSR count). The summed E-state index contributed by atoms with van der Waals surface area (Å²) in [5.74, 6) is 0. The predicted molar refractivity (Wildman–Crippen MR) is 103 cm³/mol. The molecule has 22 heavy (non-hydrogen) atoms. The summed E-state index contributed by atoms with van der Waals surface area (Å²) in [7, 11) is 0. The molecular weight excluding hydrogens is 336 g/mol. The van der Waals surface area contributed by atoms with Gasteiger partial charge in [0.2, 0.25) is 0 Å². The molecule has 0 bridgehead atoms. The average molecular weight is 365 g/mol. The molecule has 1 aromatic rings. The van der Waals surface area contributed by atoms with Crippen LogP contribution in [0.3, 0.4) is 0 Å². The Balaban J connectivity index is 0.00000242. The van der Waals surface area contributed by atoms with Crippen LogP contribution >= 0.6 is 17.0 Å². The van der Waals surface area contributed by atoms with E-state index in [0.717, 1.165) is 31.4 Å². The van der Waals surface area contributed by atoms with Crippen molar-refractivity contribution < 1.29 is 0 Å². The molecule has 2 nitrogen and oxygen atoms in total. The lowest BCUT2D eigenvalue weighted by Crippen LogP contribution is -1.93. The highest BCUT2D eigenvalue weighted by Crippen LogP contribution is 2.32. The maximum absolute atomic E-state index is 4.81. The molecule has 0 aromatic carbocycles. The third-order valence-corrected chi connectivity index (χ3v) is 4.56. The number of nitrogens with zero attached hydrogens (tertiary/aromatic N) is 1. The molecule has 122 valence electrons. The second-order valence-electron chi connectivity index (χ2n) is 5.72. The van der Waals surface area contributed by atoms with Crippen LogP contribution in [0.1, 0.15) is 70.0 Å². The van der Waals surface area contributed by atoms with E-state index < -0.39 is 0 Å². The van der Waals surface area contributed by atoms with E-state index in [-0.39, 0.29) is 17.0 Å². The van der Waals surface area contributed by atoms with Crippen LogP contribution in [0.15, 0.2) is 21.8 Å². The number of H-pyrrole nitrogens is 1. The molecule has 0 unspecified atom stereocenters. The van der Waals surface area contributed by atoms with E-state index in [0.29, 0.717) is 0 Å². The minimum Gasteiger partial charge on any atom is -0.359 e. The van der Waals surface area contributed by atoms with Crippen molar-refractivity contribution in [1.82, 2.24) is 4.98 Å². The number of aliphatic imine (C=N–C) groups is 1. The summed E-state index contributed by atoms with van der Waals surface area (Å²) in [6.45, 7) is 13.2. The summed E-state index contributed by atoms with van der Waals surface area (Å²) in [5, 5.41) is 0. The van der Waals surface area contributed by atoms with Crippen molar-refractivity contribution >= 4 is 28.8 Å². The molecule has 0 atom stereocenters. The van der Waals surface area contributed by atoms with Crippen molar-refractivity contribution in [2.45, 2.75) is 67.2 Å². The van der Waals surface area contributed by atoms with Crippen molar-refractivity contribution in [2.24, 2.45) is 4.99 Å². The molecule has 0 spiro atoms. The second kappa shape index (κ2) is 7.96. The van der Waals surface area contributed by atoms with Crippen LogP contribution in [-0.4, -0.2) is 10.7 Å². The number of rotatable bonds is 5. The topological polar surface area (TPSA) is 28.1 Å². The third-order valence-electron chi connectivity index (χ3n) is 4.56. The fourth-order valence-electron chi connectivity index (χ4n) is 3.56. The van der Waals surface area contributed by atoms with E-state index in [9.17, 15) is 0 Å². The predicted octanol–water partition coefficient (Wildman–Crippen LogP) is 5.96. The van der Waals surface area contributed by atoms with Crippen LogP contribution in [0, 0.1) is 6.92 Å². The Morgan fingerprint density at radius 3 is 1.95 bits per heavy atom. The zero-order chi connectivity index (χ0) is 15.6. The lowest BCUT2D eigenvalue weighted by atomic mass is 9.99. The molecule has 3 heteroatoms. The van der Waals surface area contributed by atoms with E-state index in [2.05, 4.69) is 52.6 Å². The molecule has 0 saturated heterocycles. The Labute approximate surface area is 145 Å². The first-order valence-corrected chi connectivity index (χ1v) is 8.27. The van der Waals surface area contributed by atoms with Crippen LogP contribution in [0.2, 0.25) is 0 Å². The quantitative estimate of drug-likeness (QED) is 0.667. The van der Waals surface area contributed by atoms with E-state index in [1.165, 1.54) is 39.4 Å². The van der Waals surface area contributed by atoms with Gasteiger partial charge in [0, 0.05) is 17.1 Å². The van der Waals surface area contributed by atoms with Crippen LogP contribution in [0.25, 0.3) is 6.08 Å². The van der Waals surface area contributed by atoms with Crippen molar-refractivity contribution in [3.63, 3.8) is 0 Å². The number of aryl methyl sites for hydroxylation is 1. The van der Waals surface area contributed by atoms with Gasteiger partial charge in [-0.3, -0.25) is 4.99 Å². The van der Waals surface area contributed by atoms with Crippen LogP contribution in [0.4, 0.5) is 0 Å². The highest BCUT2D eigenvalue weighted by Gasteiger charge is 2.19. The van der Waals surface area contributed by atoms with Crippen molar-refractivity contribution in [2.75, 3.05) is 0 Å². The van der Waals surface area contributed by atoms with Gasteiger partial charge in [0.25, 0.3) is 0 Å². The highest BCUT2D eigenvalue weighted by atomic mass is 79.9. The first-order chi connectivity index (χ1) is 10.1. The van der Waals surface area contributed by atoms with Crippen LogP contribution in [0.5, 0.6) is 0 Å². The molecular formula is C19H29BrN2.